The predicted octanol–water partition coefficient (Wildman–Crippen LogP) is 3.36. The molecule has 2 aromatic heterocycles. The molecule has 2 heterocycles. The van der Waals surface area contributed by atoms with E-state index in [4.69, 9.17) is 15.0 Å². The highest BCUT2D eigenvalue weighted by molar-refractivity contribution is 5.72. The zero-order valence-electron chi connectivity index (χ0n) is 12.0. The van der Waals surface area contributed by atoms with Gasteiger partial charge in [0.2, 0.25) is 5.65 Å². The van der Waals surface area contributed by atoms with E-state index in [9.17, 15) is 0 Å². The third kappa shape index (κ3) is 2.27. The van der Waals surface area contributed by atoms with Gasteiger partial charge in [-0.2, -0.15) is 0 Å². The molecule has 110 valence electrons. The summed E-state index contributed by atoms with van der Waals surface area (Å²) in [5.41, 5.74) is 11.1. The van der Waals surface area contributed by atoms with Crippen LogP contribution in [-0.2, 0) is 0 Å². The molecule has 0 aliphatic heterocycles. The monoisotopic (exact) mass is 296 g/mol. The minimum absolute atomic E-state index is 0.443. The van der Waals surface area contributed by atoms with Crippen molar-refractivity contribution in [2.24, 2.45) is 5.11 Å². The maximum Gasteiger partial charge on any atom is 0.258 e. The van der Waals surface area contributed by atoms with E-state index in [-0.39, 0.29) is 0 Å². The molecule has 0 aliphatic rings. The smallest absolute Gasteiger partial charge is 0.258 e. The highest BCUT2D eigenvalue weighted by Crippen LogP contribution is 2.33. The van der Waals surface area contributed by atoms with Crippen LogP contribution in [0, 0.1) is 0 Å². The van der Waals surface area contributed by atoms with Crippen LogP contribution in [0.3, 0.4) is 0 Å². The van der Waals surface area contributed by atoms with Crippen LogP contribution in [0.5, 0.6) is 11.6 Å². The Kier molecular flexibility index (Phi) is 3.51. The Morgan fingerprint density at radius 3 is 2.86 bits per heavy atom. The van der Waals surface area contributed by atoms with Crippen LogP contribution in [0.2, 0.25) is 0 Å². The standard InChI is InChI=1S/C14H12N6O2/c1-21-12-7-9(18-19-15)3-4-10(12)11-8-20-6-5-16-14(22-2)13(20)17-11/h3-8H,1-2H3. The van der Waals surface area contributed by atoms with Gasteiger partial charge in [-0.3, -0.25) is 0 Å². The van der Waals surface area contributed by atoms with Crippen LogP contribution >= 0.6 is 0 Å². The van der Waals surface area contributed by atoms with Gasteiger partial charge < -0.3 is 13.9 Å². The number of azide groups is 1. The van der Waals surface area contributed by atoms with Gasteiger partial charge in [0, 0.05) is 34.8 Å². The quantitative estimate of drug-likeness (QED) is 0.419. The number of nitrogens with zero attached hydrogens (tertiary/aromatic N) is 6. The van der Waals surface area contributed by atoms with Crippen molar-refractivity contribution >= 4 is 11.3 Å². The highest BCUT2D eigenvalue weighted by Gasteiger charge is 2.13. The third-order valence-corrected chi connectivity index (χ3v) is 3.16. The molecule has 8 nitrogen and oxygen atoms in total. The van der Waals surface area contributed by atoms with Gasteiger partial charge in [-0.05, 0) is 17.7 Å². The number of methoxy groups -OCH3 is 2. The molecule has 0 spiro atoms. The minimum atomic E-state index is 0.443. The first-order chi connectivity index (χ1) is 10.8. The Balaban J connectivity index is 2.16. The van der Waals surface area contributed by atoms with Crippen molar-refractivity contribution in [3.05, 3.63) is 47.2 Å². The van der Waals surface area contributed by atoms with Crippen molar-refractivity contribution < 1.29 is 9.47 Å². The molecule has 0 amide bonds. The van der Waals surface area contributed by atoms with Crippen LogP contribution in [0.25, 0.3) is 27.3 Å². The predicted molar refractivity (Wildman–Crippen MR) is 80.3 cm³/mol. The zero-order valence-corrected chi connectivity index (χ0v) is 12.0. The van der Waals surface area contributed by atoms with Gasteiger partial charge in [0.1, 0.15) is 5.75 Å². The summed E-state index contributed by atoms with van der Waals surface area (Å²) in [7, 11) is 3.10. The topological polar surface area (TPSA) is 97.4 Å². The summed E-state index contributed by atoms with van der Waals surface area (Å²) in [6.45, 7) is 0. The van der Waals surface area contributed by atoms with E-state index in [2.05, 4.69) is 20.0 Å². The Bertz CT molecular complexity index is 882. The molecule has 0 unspecified atom stereocenters. The fourth-order valence-electron chi connectivity index (χ4n) is 2.18. The number of hydrogen-bond acceptors (Lipinski definition) is 5. The number of rotatable bonds is 4. The van der Waals surface area contributed by atoms with E-state index < -0.39 is 0 Å². The normalized spacial score (nSPS) is 10.3. The van der Waals surface area contributed by atoms with Crippen LogP contribution in [0.15, 0.2) is 41.9 Å². The average Bonchev–Trinajstić information content (AvgIpc) is 2.98. The van der Waals surface area contributed by atoms with Crippen molar-refractivity contribution in [2.45, 2.75) is 0 Å². The second kappa shape index (κ2) is 5.63. The maximum atomic E-state index is 8.50. The first kappa shape index (κ1) is 13.7. The van der Waals surface area contributed by atoms with E-state index in [1.807, 2.05) is 10.6 Å². The number of ether oxygens (including phenoxy) is 2. The van der Waals surface area contributed by atoms with Crippen molar-refractivity contribution in [3.8, 4) is 22.9 Å². The Hall–Kier alpha value is -3.25. The molecule has 0 saturated heterocycles. The Morgan fingerprint density at radius 1 is 1.27 bits per heavy atom. The molecule has 0 radical (unpaired) electrons. The summed E-state index contributed by atoms with van der Waals surface area (Å²) in [6, 6.07) is 5.16. The summed E-state index contributed by atoms with van der Waals surface area (Å²) >= 11 is 0. The minimum Gasteiger partial charge on any atom is -0.496 e. The Morgan fingerprint density at radius 2 is 2.14 bits per heavy atom. The molecule has 0 fully saturated rings. The molecule has 8 heteroatoms. The lowest BCUT2D eigenvalue weighted by molar-refractivity contribution is 0.400. The molecule has 3 aromatic rings. The van der Waals surface area contributed by atoms with Crippen LogP contribution < -0.4 is 9.47 Å². The van der Waals surface area contributed by atoms with E-state index in [1.54, 1.807) is 44.8 Å². The highest BCUT2D eigenvalue weighted by atomic mass is 16.5. The zero-order chi connectivity index (χ0) is 15.5. The van der Waals surface area contributed by atoms with Gasteiger partial charge in [-0.15, -0.1) is 0 Å². The van der Waals surface area contributed by atoms with E-state index >= 15 is 0 Å². The van der Waals surface area contributed by atoms with E-state index in [1.165, 1.54) is 0 Å². The molecule has 0 saturated carbocycles. The molecular formula is C14H12N6O2. The summed E-state index contributed by atoms with van der Waals surface area (Å²) in [5, 5.41) is 3.57. The van der Waals surface area contributed by atoms with Crippen LogP contribution in [0.1, 0.15) is 0 Å². The molecule has 3 rings (SSSR count). The van der Waals surface area contributed by atoms with Gasteiger partial charge in [-0.1, -0.05) is 11.2 Å². The van der Waals surface area contributed by atoms with Crippen molar-refractivity contribution in [3.63, 3.8) is 0 Å². The summed E-state index contributed by atoms with van der Waals surface area (Å²) in [5.74, 6) is 1.01. The molecule has 22 heavy (non-hydrogen) atoms. The number of hydrogen-bond donors (Lipinski definition) is 0. The van der Waals surface area contributed by atoms with Gasteiger partial charge in [-0.25, -0.2) is 9.97 Å². The molecule has 0 N–H and O–H groups in total. The van der Waals surface area contributed by atoms with Crippen LogP contribution in [0.4, 0.5) is 5.69 Å². The van der Waals surface area contributed by atoms with Crippen molar-refractivity contribution in [1.29, 1.82) is 0 Å². The fraction of sp³-hybridized carbons (Fsp3) is 0.143. The lowest BCUT2D eigenvalue weighted by Crippen LogP contribution is -1.92. The van der Waals surface area contributed by atoms with Gasteiger partial charge in [0.05, 0.1) is 19.9 Å². The van der Waals surface area contributed by atoms with Gasteiger partial charge >= 0.3 is 0 Å². The molecule has 0 atom stereocenters. The van der Waals surface area contributed by atoms with Gasteiger partial charge in [0.15, 0.2) is 0 Å². The summed E-state index contributed by atoms with van der Waals surface area (Å²) in [6.07, 6.45) is 5.28. The molecule has 1 aromatic carbocycles. The first-order valence-electron chi connectivity index (χ1n) is 6.38. The molecular weight excluding hydrogens is 284 g/mol. The SMILES string of the molecule is COc1cc(N=[N+]=[N-])ccc1-c1cn2ccnc(OC)c2n1. The molecule has 0 bridgehead atoms. The largest absolute Gasteiger partial charge is 0.496 e. The summed E-state index contributed by atoms with van der Waals surface area (Å²) < 4.78 is 12.4. The maximum absolute atomic E-state index is 8.50. The van der Waals surface area contributed by atoms with Gasteiger partial charge in [0.25, 0.3) is 5.88 Å². The van der Waals surface area contributed by atoms with Crippen LogP contribution in [-0.4, -0.2) is 28.6 Å². The van der Waals surface area contributed by atoms with Crippen molar-refractivity contribution in [1.82, 2.24) is 14.4 Å². The number of aromatic nitrogens is 3. The first-order valence-corrected chi connectivity index (χ1v) is 6.38. The number of imidazole rings is 1. The van der Waals surface area contributed by atoms with Crippen molar-refractivity contribution in [2.75, 3.05) is 14.2 Å². The fourth-order valence-corrected chi connectivity index (χ4v) is 2.18. The lowest BCUT2D eigenvalue weighted by atomic mass is 10.1. The third-order valence-electron chi connectivity index (χ3n) is 3.16. The molecule has 0 aliphatic carbocycles. The Labute approximate surface area is 125 Å². The second-order valence-electron chi connectivity index (χ2n) is 4.37. The average molecular weight is 296 g/mol. The number of benzene rings is 1. The summed E-state index contributed by atoms with van der Waals surface area (Å²) in [4.78, 5) is 11.4. The van der Waals surface area contributed by atoms with E-state index in [0.717, 1.165) is 5.56 Å². The van der Waals surface area contributed by atoms with E-state index in [0.29, 0.717) is 28.7 Å². The number of fused-ring (bicyclic) bond motifs is 1. The lowest BCUT2D eigenvalue weighted by Gasteiger charge is -2.06. The second-order valence-corrected chi connectivity index (χ2v) is 4.37.